The summed E-state index contributed by atoms with van der Waals surface area (Å²) in [6, 6.07) is 14.7. The van der Waals surface area contributed by atoms with Crippen LogP contribution in [0.3, 0.4) is 0 Å². The minimum Gasteiger partial charge on any atom is -0.427 e. The monoisotopic (exact) mass is 430 g/mol. The van der Waals surface area contributed by atoms with Gasteiger partial charge in [0.1, 0.15) is 11.9 Å². The third kappa shape index (κ3) is 2.60. The summed E-state index contributed by atoms with van der Waals surface area (Å²) in [5, 5.41) is 4.39. The van der Waals surface area contributed by atoms with Crippen LogP contribution in [0.4, 0.5) is 5.69 Å². The first-order chi connectivity index (χ1) is 15.4. The van der Waals surface area contributed by atoms with Gasteiger partial charge in [-0.3, -0.25) is 19.3 Å². The zero-order valence-electron chi connectivity index (χ0n) is 17.7. The van der Waals surface area contributed by atoms with Gasteiger partial charge in [-0.15, -0.1) is 0 Å². The fourth-order valence-electron chi connectivity index (χ4n) is 6.17. The molecule has 2 amide bonds. The lowest BCUT2D eigenvalue weighted by atomic mass is 9.71. The van der Waals surface area contributed by atoms with Crippen LogP contribution in [0.25, 0.3) is 0 Å². The predicted molar refractivity (Wildman–Crippen MR) is 115 cm³/mol. The van der Waals surface area contributed by atoms with Gasteiger partial charge >= 0.3 is 5.97 Å². The Hall–Kier alpha value is -3.48. The van der Waals surface area contributed by atoms with E-state index in [1.807, 2.05) is 31.2 Å². The number of carbonyl (C=O) groups excluding carboxylic acids is 3. The zero-order valence-corrected chi connectivity index (χ0v) is 17.7. The molecule has 6 rings (SSSR count). The van der Waals surface area contributed by atoms with Crippen LogP contribution in [0.2, 0.25) is 0 Å². The molecule has 7 nitrogen and oxygen atoms in total. The maximum Gasteiger partial charge on any atom is 0.308 e. The van der Waals surface area contributed by atoms with Gasteiger partial charge in [-0.1, -0.05) is 35.0 Å². The molecule has 0 spiro atoms. The SMILES string of the molecule is CC(=O)Oc1ccc(N2C(=O)[C@@H]3[C@H]4C[C@@H]([C@@H]5C(c6ccc(C)cc6)=NO[C@@H]45)[C@@H]3C2=O)cc1. The second-order valence-electron chi connectivity index (χ2n) is 9.15. The van der Waals surface area contributed by atoms with Gasteiger partial charge in [0.05, 0.1) is 23.2 Å². The number of hydrogen-bond donors (Lipinski definition) is 0. The molecule has 0 unspecified atom stereocenters. The Morgan fingerprint density at radius 1 is 0.969 bits per heavy atom. The number of aryl methyl sites for hydroxylation is 1. The average Bonchev–Trinajstić information content (AvgIpc) is 3.50. The lowest BCUT2D eigenvalue weighted by molar-refractivity contribution is -0.132. The molecule has 3 fully saturated rings. The van der Waals surface area contributed by atoms with Crippen LogP contribution in [0.5, 0.6) is 5.75 Å². The number of imide groups is 1. The third-order valence-corrected chi connectivity index (χ3v) is 7.39. The highest BCUT2D eigenvalue weighted by atomic mass is 16.6. The van der Waals surface area contributed by atoms with Crippen LogP contribution in [0.15, 0.2) is 53.7 Å². The van der Waals surface area contributed by atoms with Gasteiger partial charge in [-0.05, 0) is 49.1 Å². The fourth-order valence-corrected chi connectivity index (χ4v) is 6.17. The molecule has 2 heterocycles. The predicted octanol–water partition coefficient (Wildman–Crippen LogP) is 3.09. The van der Waals surface area contributed by atoms with Crippen molar-refractivity contribution < 1.29 is 24.0 Å². The number of amides is 2. The van der Waals surface area contributed by atoms with Crippen molar-refractivity contribution in [1.29, 1.82) is 0 Å². The molecule has 32 heavy (non-hydrogen) atoms. The van der Waals surface area contributed by atoms with Crippen molar-refractivity contribution in [3.63, 3.8) is 0 Å². The maximum atomic E-state index is 13.5. The first-order valence-electron chi connectivity index (χ1n) is 10.9. The molecule has 2 aliphatic carbocycles. The molecule has 2 bridgehead atoms. The average molecular weight is 430 g/mol. The second-order valence-corrected chi connectivity index (χ2v) is 9.15. The molecule has 0 radical (unpaired) electrons. The summed E-state index contributed by atoms with van der Waals surface area (Å²) >= 11 is 0. The van der Waals surface area contributed by atoms with E-state index in [0.29, 0.717) is 11.4 Å². The highest BCUT2D eigenvalue weighted by molar-refractivity contribution is 6.23. The van der Waals surface area contributed by atoms with E-state index in [-0.39, 0.29) is 47.5 Å². The molecular formula is C25H22N2O5. The lowest BCUT2D eigenvalue weighted by Gasteiger charge is -2.29. The number of hydrogen-bond acceptors (Lipinski definition) is 6. The maximum absolute atomic E-state index is 13.5. The van der Waals surface area contributed by atoms with Gasteiger partial charge in [0.25, 0.3) is 0 Å². The van der Waals surface area contributed by atoms with Gasteiger partial charge in [0, 0.05) is 18.8 Å². The largest absolute Gasteiger partial charge is 0.427 e. The molecule has 2 aliphatic heterocycles. The van der Waals surface area contributed by atoms with E-state index >= 15 is 0 Å². The van der Waals surface area contributed by atoms with Crippen LogP contribution in [0, 0.1) is 36.5 Å². The van der Waals surface area contributed by atoms with Gasteiger partial charge < -0.3 is 9.57 Å². The Bertz CT molecular complexity index is 1170. The van der Waals surface area contributed by atoms with Crippen molar-refractivity contribution in [2.75, 3.05) is 4.90 Å². The Morgan fingerprint density at radius 2 is 1.62 bits per heavy atom. The minimum absolute atomic E-state index is 0.0107. The summed E-state index contributed by atoms with van der Waals surface area (Å²) in [6.45, 7) is 3.36. The van der Waals surface area contributed by atoms with E-state index in [1.54, 1.807) is 24.3 Å². The van der Waals surface area contributed by atoms with Crippen LogP contribution in [-0.4, -0.2) is 29.6 Å². The quantitative estimate of drug-likeness (QED) is 0.424. The standard InChI is InChI=1S/C25H22N2O5/c1-12-3-5-14(6-4-12)22-21-17-11-18(23(21)32-26-22)20-19(17)24(29)27(25(20)30)15-7-9-16(10-8-15)31-13(2)28/h3-10,17-21,23H,11H2,1-2H3/t17-,18-,19+,20-,21-,23+/m1/s1. The Kier molecular flexibility index (Phi) is 4.06. The number of rotatable bonds is 3. The number of nitrogens with zero attached hydrogens (tertiary/aromatic N) is 2. The topological polar surface area (TPSA) is 85.3 Å². The lowest BCUT2D eigenvalue weighted by Crippen LogP contribution is -2.41. The van der Waals surface area contributed by atoms with E-state index in [1.165, 1.54) is 17.4 Å². The van der Waals surface area contributed by atoms with Crippen molar-refractivity contribution in [1.82, 2.24) is 0 Å². The molecule has 2 aromatic carbocycles. The first kappa shape index (κ1) is 19.2. The summed E-state index contributed by atoms with van der Waals surface area (Å²) in [4.78, 5) is 45.1. The van der Waals surface area contributed by atoms with Crippen molar-refractivity contribution in [3.05, 3.63) is 59.7 Å². The smallest absolute Gasteiger partial charge is 0.308 e. The summed E-state index contributed by atoms with van der Waals surface area (Å²) in [6.07, 6.45) is 0.660. The normalized spacial score (nSPS) is 31.9. The minimum atomic E-state index is -0.422. The molecule has 0 N–H and O–H groups in total. The second kappa shape index (κ2) is 6.76. The number of esters is 1. The van der Waals surface area contributed by atoms with Gasteiger partial charge in [-0.2, -0.15) is 0 Å². The third-order valence-electron chi connectivity index (χ3n) is 7.39. The van der Waals surface area contributed by atoms with Gasteiger partial charge in [0.15, 0.2) is 0 Å². The number of carbonyl (C=O) groups is 3. The van der Waals surface area contributed by atoms with Crippen molar-refractivity contribution in [2.24, 2.45) is 34.7 Å². The summed E-state index contributed by atoms with van der Waals surface area (Å²) < 4.78 is 5.06. The van der Waals surface area contributed by atoms with Gasteiger partial charge in [0.2, 0.25) is 11.8 Å². The van der Waals surface area contributed by atoms with Crippen molar-refractivity contribution in [2.45, 2.75) is 26.4 Å². The van der Waals surface area contributed by atoms with E-state index in [0.717, 1.165) is 17.7 Å². The molecule has 162 valence electrons. The molecule has 2 aromatic rings. The van der Waals surface area contributed by atoms with Gasteiger partial charge in [-0.25, -0.2) is 0 Å². The summed E-state index contributed by atoms with van der Waals surface area (Å²) in [5.74, 6) is -1.01. The highest BCUT2D eigenvalue weighted by Crippen LogP contribution is 2.62. The van der Waals surface area contributed by atoms with Crippen LogP contribution in [-0.2, 0) is 19.2 Å². The number of anilines is 1. The number of ether oxygens (including phenoxy) is 1. The molecule has 2 saturated carbocycles. The fraction of sp³-hybridized carbons (Fsp3) is 0.360. The van der Waals surface area contributed by atoms with Crippen molar-refractivity contribution >= 4 is 29.2 Å². The molecule has 0 aromatic heterocycles. The van der Waals surface area contributed by atoms with E-state index in [2.05, 4.69) is 5.16 Å². The van der Waals surface area contributed by atoms with Crippen molar-refractivity contribution in [3.8, 4) is 5.75 Å². The molecule has 1 saturated heterocycles. The Morgan fingerprint density at radius 3 is 2.28 bits per heavy atom. The zero-order chi connectivity index (χ0) is 22.1. The Labute approximate surface area is 185 Å². The molecule has 7 heteroatoms. The number of fused-ring (bicyclic) bond motifs is 8. The molecule has 4 aliphatic rings. The Balaban J connectivity index is 1.29. The first-order valence-corrected chi connectivity index (χ1v) is 10.9. The molecule has 6 atom stereocenters. The van der Waals surface area contributed by atoms with Crippen LogP contribution >= 0.6 is 0 Å². The van der Waals surface area contributed by atoms with E-state index in [4.69, 9.17) is 9.57 Å². The highest BCUT2D eigenvalue weighted by Gasteiger charge is 2.70. The van der Waals surface area contributed by atoms with E-state index in [9.17, 15) is 14.4 Å². The summed E-state index contributed by atoms with van der Waals surface area (Å²) in [7, 11) is 0. The van der Waals surface area contributed by atoms with Crippen LogP contribution in [0.1, 0.15) is 24.5 Å². The number of benzene rings is 2. The number of oxime groups is 1. The van der Waals surface area contributed by atoms with E-state index < -0.39 is 5.97 Å². The van der Waals surface area contributed by atoms with Crippen LogP contribution < -0.4 is 9.64 Å². The molecular weight excluding hydrogens is 408 g/mol. The summed E-state index contributed by atoms with van der Waals surface area (Å²) in [5.41, 5.74) is 3.58.